The second kappa shape index (κ2) is 37.7. The van der Waals surface area contributed by atoms with Gasteiger partial charge in [-0.05, 0) is 90.9 Å². The molecule has 0 amide bonds. The predicted octanol–water partition coefficient (Wildman–Crippen LogP) is 4.58. The van der Waals surface area contributed by atoms with Crippen LogP contribution in [0, 0.1) is 0 Å². The van der Waals surface area contributed by atoms with Gasteiger partial charge < -0.3 is 21.3 Å². The third-order valence-corrected chi connectivity index (χ3v) is 3.97. The Morgan fingerprint density at radius 2 is 0.593 bits per heavy atom. The SMILES string of the molecule is CCCNCCCNCCCCCCCNCCCNCCC.Cl.Cl.Cl.Cl. The van der Waals surface area contributed by atoms with Gasteiger partial charge in [-0.3, -0.25) is 0 Å². The highest BCUT2D eigenvalue weighted by Crippen LogP contribution is 2.01. The van der Waals surface area contributed by atoms with E-state index in [0.717, 1.165) is 39.3 Å². The van der Waals surface area contributed by atoms with Gasteiger partial charge in [0.2, 0.25) is 0 Å². The van der Waals surface area contributed by atoms with Crippen LogP contribution in [0.2, 0.25) is 0 Å². The zero-order valence-electron chi connectivity index (χ0n) is 17.7. The van der Waals surface area contributed by atoms with Crippen molar-refractivity contribution in [3.05, 3.63) is 0 Å². The molecule has 0 spiro atoms. The van der Waals surface area contributed by atoms with Gasteiger partial charge in [0.05, 0.1) is 0 Å². The predicted molar refractivity (Wildman–Crippen MR) is 133 cm³/mol. The van der Waals surface area contributed by atoms with Gasteiger partial charge in [0.1, 0.15) is 0 Å². The van der Waals surface area contributed by atoms with Crippen LogP contribution in [0.4, 0.5) is 0 Å². The van der Waals surface area contributed by atoms with E-state index in [4.69, 9.17) is 0 Å². The van der Waals surface area contributed by atoms with Crippen LogP contribution in [-0.2, 0) is 0 Å². The number of hydrogen-bond acceptors (Lipinski definition) is 4. The van der Waals surface area contributed by atoms with Crippen molar-refractivity contribution in [1.82, 2.24) is 21.3 Å². The van der Waals surface area contributed by atoms with Crippen molar-refractivity contribution in [1.29, 1.82) is 0 Å². The summed E-state index contributed by atoms with van der Waals surface area (Å²) in [5.41, 5.74) is 0. The van der Waals surface area contributed by atoms with E-state index >= 15 is 0 Å². The van der Waals surface area contributed by atoms with E-state index in [1.165, 1.54) is 70.9 Å². The lowest BCUT2D eigenvalue weighted by atomic mass is 10.1. The van der Waals surface area contributed by atoms with Crippen LogP contribution in [-0.4, -0.2) is 52.4 Å². The third-order valence-electron chi connectivity index (χ3n) is 3.97. The summed E-state index contributed by atoms with van der Waals surface area (Å²) in [6.45, 7) is 13.8. The van der Waals surface area contributed by atoms with Crippen molar-refractivity contribution >= 4 is 49.6 Å². The molecule has 0 aromatic rings. The summed E-state index contributed by atoms with van der Waals surface area (Å²) >= 11 is 0. The summed E-state index contributed by atoms with van der Waals surface area (Å²) in [5, 5.41) is 14.0. The van der Waals surface area contributed by atoms with Gasteiger partial charge >= 0.3 is 0 Å². The van der Waals surface area contributed by atoms with E-state index in [1.807, 2.05) is 0 Å². The van der Waals surface area contributed by atoms with Crippen LogP contribution in [0.25, 0.3) is 0 Å². The average molecular weight is 474 g/mol. The maximum atomic E-state index is 3.54. The highest BCUT2D eigenvalue weighted by Gasteiger charge is 1.93. The molecule has 0 radical (unpaired) electrons. The number of unbranched alkanes of at least 4 members (excludes halogenated alkanes) is 4. The summed E-state index contributed by atoms with van der Waals surface area (Å²) in [6, 6.07) is 0. The molecule has 0 heterocycles. The zero-order valence-corrected chi connectivity index (χ0v) is 20.9. The first-order valence-corrected chi connectivity index (χ1v) is 10.2. The minimum atomic E-state index is 0. The second-order valence-electron chi connectivity index (χ2n) is 6.47. The Kier molecular flexibility index (Phi) is 53.9. The minimum absolute atomic E-state index is 0. The molecule has 0 rings (SSSR count). The molecule has 0 unspecified atom stereocenters. The molecule has 0 saturated heterocycles. The van der Waals surface area contributed by atoms with Crippen LogP contribution >= 0.6 is 49.6 Å². The van der Waals surface area contributed by atoms with Crippen LogP contribution in [0.3, 0.4) is 0 Å². The largest absolute Gasteiger partial charge is 0.317 e. The first kappa shape index (κ1) is 38.6. The summed E-state index contributed by atoms with van der Waals surface area (Å²) in [6.07, 6.45) is 11.8. The van der Waals surface area contributed by atoms with Crippen LogP contribution in [0.1, 0.15) is 71.6 Å². The number of nitrogens with one attached hydrogen (secondary N) is 4. The molecule has 0 atom stereocenters. The summed E-state index contributed by atoms with van der Waals surface area (Å²) < 4.78 is 0. The third kappa shape index (κ3) is 38.3. The lowest BCUT2D eigenvalue weighted by Gasteiger charge is -2.07. The number of hydrogen-bond donors (Lipinski definition) is 4. The summed E-state index contributed by atoms with van der Waals surface area (Å²) in [5.74, 6) is 0. The number of rotatable bonds is 20. The molecule has 0 aromatic carbocycles. The zero-order chi connectivity index (χ0) is 16.8. The molecule has 0 fully saturated rings. The van der Waals surface area contributed by atoms with E-state index in [0.29, 0.717) is 0 Å². The fourth-order valence-corrected chi connectivity index (χ4v) is 2.56. The topological polar surface area (TPSA) is 48.1 Å². The Bertz CT molecular complexity index is 196. The highest BCUT2D eigenvalue weighted by atomic mass is 35.5. The van der Waals surface area contributed by atoms with Crippen LogP contribution in [0.5, 0.6) is 0 Å². The van der Waals surface area contributed by atoms with E-state index in [9.17, 15) is 0 Å². The lowest BCUT2D eigenvalue weighted by Crippen LogP contribution is -2.23. The van der Waals surface area contributed by atoms with Crippen LogP contribution < -0.4 is 21.3 Å². The maximum absolute atomic E-state index is 3.54. The fourth-order valence-electron chi connectivity index (χ4n) is 2.56. The van der Waals surface area contributed by atoms with Gasteiger partial charge in [0.25, 0.3) is 0 Å². The van der Waals surface area contributed by atoms with Gasteiger partial charge in [0, 0.05) is 0 Å². The smallest absolute Gasteiger partial charge is 0.00368 e. The lowest BCUT2D eigenvalue weighted by molar-refractivity contribution is 0.537. The van der Waals surface area contributed by atoms with E-state index in [-0.39, 0.29) is 49.6 Å². The molecule has 0 aliphatic carbocycles. The first-order chi connectivity index (χ1) is 11.4. The van der Waals surface area contributed by atoms with Gasteiger partial charge in [-0.15, -0.1) is 49.6 Å². The monoisotopic (exact) mass is 472 g/mol. The molecule has 4 N–H and O–H groups in total. The fraction of sp³-hybridized carbons (Fsp3) is 1.00. The Balaban J connectivity index is -0.000000403. The summed E-state index contributed by atoms with van der Waals surface area (Å²) in [4.78, 5) is 0. The average Bonchev–Trinajstić information content (AvgIpc) is 2.57. The van der Waals surface area contributed by atoms with Crippen molar-refractivity contribution in [2.45, 2.75) is 71.6 Å². The molecule has 27 heavy (non-hydrogen) atoms. The molecule has 0 bridgehead atoms. The van der Waals surface area contributed by atoms with Crippen LogP contribution in [0.15, 0.2) is 0 Å². The minimum Gasteiger partial charge on any atom is -0.317 e. The molecule has 0 saturated carbocycles. The molecular formula is C19H48Cl4N4. The maximum Gasteiger partial charge on any atom is -0.00368 e. The quantitative estimate of drug-likeness (QED) is 0.195. The Morgan fingerprint density at radius 1 is 0.333 bits per heavy atom. The first-order valence-electron chi connectivity index (χ1n) is 10.2. The van der Waals surface area contributed by atoms with Crippen molar-refractivity contribution in [2.24, 2.45) is 0 Å². The second-order valence-corrected chi connectivity index (χ2v) is 6.47. The van der Waals surface area contributed by atoms with Crippen molar-refractivity contribution < 1.29 is 0 Å². The molecule has 8 heteroatoms. The standard InChI is InChI=1S/C19H44N4.4ClH/c1-3-12-20-16-10-18-22-14-8-6-5-7-9-15-23-19-11-17-21-13-4-2;;;;/h20-23H,3-19H2,1-2H3;4*1H. The van der Waals surface area contributed by atoms with Crippen molar-refractivity contribution in [2.75, 3.05) is 52.4 Å². The number of halogens is 4. The Morgan fingerprint density at radius 3 is 0.926 bits per heavy atom. The normalized spacial score (nSPS) is 9.56. The Hall–Kier alpha value is 1.00. The van der Waals surface area contributed by atoms with Crippen molar-refractivity contribution in [3.8, 4) is 0 Å². The van der Waals surface area contributed by atoms with E-state index in [2.05, 4.69) is 35.1 Å². The highest BCUT2D eigenvalue weighted by molar-refractivity contribution is 5.86. The Labute approximate surface area is 194 Å². The van der Waals surface area contributed by atoms with E-state index in [1.54, 1.807) is 0 Å². The molecule has 172 valence electrons. The molecule has 0 aromatic heterocycles. The van der Waals surface area contributed by atoms with Gasteiger partial charge in [0.15, 0.2) is 0 Å². The molecule has 4 nitrogen and oxygen atoms in total. The van der Waals surface area contributed by atoms with Gasteiger partial charge in [-0.1, -0.05) is 33.1 Å². The molecular weight excluding hydrogens is 426 g/mol. The van der Waals surface area contributed by atoms with Gasteiger partial charge in [-0.2, -0.15) is 0 Å². The van der Waals surface area contributed by atoms with E-state index < -0.39 is 0 Å². The van der Waals surface area contributed by atoms with Gasteiger partial charge in [-0.25, -0.2) is 0 Å². The summed E-state index contributed by atoms with van der Waals surface area (Å²) in [7, 11) is 0. The molecule has 0 aliphatic rings. The molecule has 0 aliphatic heterocycles. The van der Waals surface area contributed by atoms with Crippen molar-refractivity contribution in [3.63, 3.8) is 0 Å².